The first-order chi connectivity index (χ1) is 14.1. The molecule has 0 aliphatic carbocycles. The molecule has 29 heavy (non-hydrogen) atoms. The van der Waals surface area contributed by atoms with Gasteiger partial charge in [0.1, 0.15) is 18.1 Å². The Kier molecular flexibility index (Phi) is 8.06. The summed E-state index contributed by atoms with van der Waals surface area (Å²) in [5.74, 6) is 1.06. The third kappa shape index (κ3) is 7.51. The lowest BCUT2D eigenvalue weighted by Gasteiger charge is -2.07. The number of halogens is 2. The fourth-order valence-electron chi connectivity index (χ4n) is 2.29. The Morgan fingerprint density at radius 2 is 1.55 bits per heavy atom. The molecule has 3 aromatic carbocycles. The first-order valence-electron chi connectivity index (χ1n) is 8.76. The van der Waals surface area contributed by atoms with Crippen molar-refractivity contribution < 1.29 is 14.3 Å². The molecule has 0 saturated carbocycles. The van der Waals surface area contributed by atoms with E-state index >= 15 is 0 Å². The van der Waals surface area contributed by atoms with E-state index in [1.807, 2.05) is 48.5 Å². The average Bonchev–Trinajstić information content (AvgIpc) is 2.74. The van der Waals surface area contributed by atoms with Gasteiger partial charge in [-0.2, -0.15) is 5.10 Å². The van der Waals surface area contributed by atoms with Crippen LogP contribution < -0.4 is 14.9 Å². The second-order valence-electron chi connectivity index (χ2n) is 6.02. The van der Waals surface area contributed by atoms with Gasteiger partial charge in [-0.3, -0.25) is 4.79 Å². The maximum Gasteiger partial charge on any atom is 0.277 e. The van der Waals surface area contributed by atoms with Crippen molar-refractivity contribution in [2.75, 3.05) is 6.61 Å². The fraction of sp³-hybridized carbons (Fsp3) is 0.0909. The Bertz CT molecular complexity index is 959. The van der Waals surface area contributed by atoms with E-state index in [-0.39, 0.29) is 12.5 Å². The second kappa shape index (κ2) is 11.0. The first kappa shape index (κ1) is 21.3. The minimum Gasteiger partial charge on any atom is -0.489 e. The Morgan fingerprint density at radius 3 is 2.24 bits per heavy atom. The number of rotatable bonds is 8. The van der Waals surface area contributed by atoms with Crippen LogP contribution in [0.4, 0.5) is 0 Å². The number of nitrogens with one attached hydrogen (secondary N) is 1. The number of nitrogens with zero attached hydrogens (tertiary/aromatic N) is 1. The quantitative estimate of drug-likeness (QED) is 0.233. The number of carbonyl (C=O) groups excluding carboxylic acids is 1. The highest BCUT2D eigenvalue weighted by Gasteiger charge is 2.01. The molecule has 0 unspecified atom stereocenters. The van der Waals surface area contributed by atoms with Crippen LogP contribution in [-0.2, 0) is 11.4 Å². The van der Waals surface area contributed by atoms with Crippen molar-refractivity contribution in [1.29, 1.82) is 0 Å². The number of hydrazone groups is 1. The molecule has 0 aromatic heterocycles. The lowest BCUT2D eigenvalue weighted by molar-refractivity contribution is -0.123. The number of amides is 1. The summed E-state index contributed by atoms with van der Waals surface area (Å²) in [5, 5.41) is 3.95. The van der Waals surface area contributed by atoms with Gasteiger partial charge in [-0.25, -0.2) is 5.43 Å². The molecule has 0 heterocycles. The molecular formula is C22H18BrIN2O3. The molecule has 7 heteroatoms. The van der Waals surface area contributed by atoms with E-state index in [9.17, 15) is 4.79 Å². The van der Waals surface area contributed by atoms with Gasteiger partial charge in [-0.15, -0.1) is 0 Å². The third-order valence-corrected chi connectivity index (χ3v) is 5.03. The Balaban J connectivity index is 1.41. The maximum atomic E-state index is 11.8. The number of ether oxygens (including phenoxy) is 2. The lowest BCUT2D eigenvalue weighted by Crippen LogP contribution is -2.24. The Hall–Kier alpha value is -2.39. The van der Waals surface area contributed by atoms with Crippen molar-refractivity contribution in [2.45, 2.75) is 6.61 Å². The summed E-state index contributed by atoms with van der Waals surface area (Å²) in [7, 11) is 0. The van der Waals surface area contributed by atoms with Gasteiger partial charge < -0.3 is 9.47 Å². The highest BCUT2D eigenvalue weighted by atomic mass is 127. The monoisotopic (exact) mass is 564 g/mol. The van der Waals surface area contributed by atoms with E-state index in [1.54, 1.807) is 18.3 Å². The van der Waals surface area contributed by atoms with Crippen molar-refractivity contribution in [3.8, 4) is 11.5 Å². The molecule has 0 atom stereocenters. The molecule has 0 bridgehead atoms. The summed E-state index contributed by atoms with van der Waals surface area (Å²) in [5.41, 5.74) is 4.41. The highest BCUT2D eigenvalue weighted by Crippen LogP contribution is 2.16. The van der Waals surface area contributed by atoms with Crippen LogP contribution in [0.5, 0.6) is 11.5 Å². The van der Waals surface area contributed by atoms with Gasteiger partial charge in [0.25, 0.3) is 5.91 Å². The van der Waals surface area contributed by atoms with E-state index in [0.29, 0.717) is 12.4 Å². The van der Waals surface area contributed by atoms with E-state index in [0.717, 1.165) is 21.3 Å². The fourth-order valence-corrected chi connectivity index (χ4v) is 2.91. The number of carbonyl (C=O) groups is 1. The molecule has 0 radical (unpaired) electrons. The Morgan fingerprint density at radius 1 is 0.931 bits per heavy atom. The number of hydrogen-bond donors (Lipinski definition) is 1. The molecule has 0 fully saturated rings. The number of benzene rings is 3. The van der Waals surface area contributed by atoms with Crippen LogP contribution in [0.25, 0.3) is 0 Å². The van der Waals surface area contributed by atoms with E-state index in [1.165, 1.54) is 3.57 Å². The predicted octanol–water partition coefficient (Wildman–Crippen LogP) is 5.16. The van der Waals surface area contributed by atoms with Crippen molar-refractivity contribution in [3.05, 3.63) is 92.0 Å². The van der Waals surface area contributed by atoms with Gasteiger partial charge in [0.2, 0.25) is 0 Å². The molecule has 3 aromatic rings. The molecule has 0 aliphatic heterocycles. The van der Waals surface area contributed by atoms with Gasteiger partial charge in [0.15, 0.2) is 6.61 Å². The predicted molar refractivity (Wildman–Crippen MR) is 125 cm³/mol. The summed E-state index contributed by atoms with van der Waals surface area (Å²) in [6.07, 6.45) is 1.57. The lowest BCUT2D eigenvalue weighted by atomic mass is 10.2. The van der Waals surface area contributed by atoms with Crippen molar-refractivity contribution >= 4 is 50.6 Å². The van der Waals surface area contributed by atoms with Crippen LogP contribution in [0, 0.1) is 3.57 Å². The summed E-state index contributed by atoms with van der Waals surface area (Å²) < 4.78 is 13.3. The SMILES string of the molecule is O=C(COc1ccc(Br)cc1)N/N=C\c1ccc(OCc2ccc(I)cc2)cc1. The first-order valence-corrected chi connectivity index (χ1v) is 10.6. The minimum absolute atomic E-state index is 0.107. The molecule has 1 N–H and O–H groups in total. The molecule has 148 valence electrons. The maximum absolute atomic E-state index is 11.8. The van der Waals surface area contributed by atoms with Crippen LogP contribution in [0.3, 0.4) is 0 Å². The van der Waals surface area contributed by atoms with Crippen molar-refractivity contribution in [3.63, 3.8) is 0 Å². The molecule has 0 spiro atoms. The van der Waals surface area contributed by atoms with Crippen LogP contribution in [-0.4, -0.2) is 18.7 Å². The normalized spacial score (nSPS) is 10.7. The smallest absolute Gasteiger partial charge is 0.277 e. The van der Waals surface area contributed by atoms with Gasteiger partial charge in [0.05, 0.1) is 6.21 Å². The molecule has 5 nitrogen and oxygen atoms in total. The summed E-state index contributed by atoms with van der Waals surface area (Å²) in [4.78, 5) is 11.8. The molecule has 1 amide bonds. The zero-order valence-corrected chi connectivity index (χ0v) is 19.1. The highest BCUT2D eigenvalue weighted by molar-refractivity contribution is 14.1. The summed E-state index contributed by atoms with van der Waals surface area (Å²) >= 11 is 5.62. The van der Waals surface area contributed by atoms with Gasteiger partial charge in [-0.1, -0.05) is 28.1 Å². The molecule has 0 aliphatic rings. The summed E-state index contributed by atoms with van der Waals surface area (Å²) in [6, 6.07) is 22.9. The van der Waals surface area contributed by atoms with E-state index in [4.69, 9.17) is 9.47 Å². The topological polar surface area (TPSA) is 59.9 Å². The van der Waals surface area contributed by atoms with Crippen LogP contribution in [0.1, 0.15) is 11.1 Å². The van der Waals surface area contributed by atoms with E-state index in [2.05, 4.69) is 61.2 Å². The second-order valence-corrected chi connectivity index (χ2v) is 8.18. The van der Waals surface area contributed by atoms with Gasteiger partial charge in [0, 0.05) is 8.04 Å². The number of hydrogen-bond acceptors (Lipinski definition) is 4. The molecular weight excluding hydrogens is 547 g/mol. The molecule has 0 saturated heterocycles. The largest absolute Gasteiger partial charge is 0.489 e. The zero-order valence-electron chi connectivity index (χ0n) is 15.3. The third-order valence-electron chi connectivity index (χ3n) is 3.79. The van der Waals surface area contributed by atoms with Gasteiger partial charge in [-0.05, 0) is 94.4 Å². The van der Waals surface area contributed by atoms with Crippen LogP contribution in [0.2, 0.25) is 0 Å². The van der Waals surface area contributed by atoms with Gasteiger partial charge >= 0.3 is 0 Å². The average molecular weight is 565 g/mol. The van der Waals surface area contributed by atoms with Crippen molar-refractivity contribution in [1.82, 2.24) is 5.43 Å². The van der Waals surface area contributed by atoms with E-state index < -0.39 is 0 Å². The molecule has 3 rings (SSSR count). The minimum atomic E-state index is -0.332. The van der Waals surface area contributed by atoms with Crippen molar-refractivity contribution in [2.24, 2.45) is 5.10 Å². The summed E-state index contributed by atoms with van der Waals surface area (Å²) in [6.45, 7) is 0.406. The van der Waals surface area contributed by atoms with Crippen LogP contribution in [0.15, 0.2) is 82.4 Å². The Labute approximate surface area is 191 Å². The standard InChI is InChI=1S/C22H18BrIN2O3/c23-18-5-11-21(12-6-18)29-15-22(27)26-25-13-16-3-9-20(10-4-16)28-14-17-1-7-19(24)8-2-17/h1-13H,14-15H2,(H,26,27)/b25-13-. The zero-order chi connectivity index (χ0) is 20.5. The van der Waals surface area contributed by atoms with Crippen LogP contribution >= 0.6 is 38.5 Å².